The molecule has 0 saturated carbocycles. The zero-order chi connectivity index (χ0) is 18.8. The van der Waals surface area contributed by atoms with Crippen LogP contribution < -0.4 is 0 Å². The first-order chi connectivity index (χ1) is 13.1. The molecule has 2 aromatic heterocycles. The maximum absolute atomic E-state index is 12.8. The topological polar surface area (TPSA) is 74.2 Å². The molecule has 0 radical (unpaired) electrons. The van der Waals surface area contributed by atoms with Gasteiger partial charge in [0.1, 0.15) is 0 Å². The van der Waals surface area contributed by atoms with E-state index in [1.807, 2.05) is 39.6 Å². The van der Waals surface area contributed by atoms with Crippen molar-refractivity contribution in [2.24, 2.45) is 7.05 Å². The van der Waals surface area contributed by atoms with Gasteiger partial charge in [-0.3, -0.25) is 9.59 Å². The van der Waals surface area contributed by atoms with Crippen LogP contribution in [0.5, 0.6) is 0 Å². The number of H-pyrrole nitrogens is 1. The summed E-state index contributed by atoms with van der Waals surface area (Å²) < 4.78 is 1.96. The minimum Gasteiger partial charge on any atom is -0.367 e. The Labute approximate surface area is 157 Å². The van der Waals surface area contributed by atoms with Crippen molar-refractivity contribution in [1.82, 2.24) is 24.3 Å². The van der Waals surface area contributed by atoms with Crippen LogP contribution in [0, 0.1) is 0 Å². The fourth-order valence-corrected chi connectivity index (χ4v) is 3.59. The number of benzene rings is 1. The van der Waals surface area contributed by atoms with Gasteiger partial charge < -0.3 is 19.4 Å². The molecule has 1 N–H and O–H groups in total. The van der Waals surface area contributed by atoms with E-state index in [1.165, 1.54) is 0 Å². The van der Waals surface area contributed by atoms with Crippen LogP contribution in [-0.2, 0) is 18.3 Å². The molecule has 1 fully saturated rings. The minimum absolute atomic E-state index is 0.0196. The average Bonchev–Trinajstić information content (AvgIpc) is 3.25. The van der Waals surface area contributed by atoms with E-state index in [4.69, 9.17) is 0 Å². The molecule has 0 unspecified atom stereocenters. The van der Waals surface area contributed by atoms with E-state index in [1.54, 1.807) is 24.8 Å². The monoisotopic (exact) mass is 365 g/mol. The quantitative estimate of drug-likeness (QED) is 0.769. The van der Waals surface area contributed by atoms with Crippen molar-refractivity contribution in [1.29, 1.82) is 0 Å². The van der Waals surface area contributed by atoms with Crippen LogP contribution in [0.4, 0.5) is 0 Å². The summed E-state index contributed by atoms with van der Waals surface area (Å²) >= 11 is 0. The summed E-state index contributed by atoms with van der Waals surface area (Å²) in [6.07, 6.45) is 6.39. The highest BCUT2D eigenvalue weighted by atomic mass is 16.2. The van der Waals surface area contributed by atoms with E-state index in [9.17, 15) is 9.59 Å². The van der Waals surface area contributed by atoms with Crippen molar-refractivity contribution in [2.45, 2.75) is 12.8 Å². The van der Waals surface area contributed by atoms with Crippen LogP contribution in [0.1, 0.15) is 22.3 Å². The fourth-order valence-electron chi connectivity index (χ4n) is 3.59. The third kappa shape index (κ3) is 3.58. The van der Waals surface area contributed by atoms with Crippen molar-refractivity contribution >= 4 is 22.8 Å². The third-order valence-corrected chi connectivity index (χ3v) is 5.13. The Hall–Kier alpha value is -3.09. The van der Waals surface area contributed by atoms with E-state index in [0.717, 1.165) is 23.0 Å². The van der Waals surface area contributed by atoms with Crippen molar-refractivity contribution in [3.63, 3.8) is 0 Å². The zero-order valence-corrected chi connectivity index (χ0v) is 15.4. The molecule has 0 aliphatic carbocycles. The normalized spacial score (nSPS) is 15.1. The Balaban J connectivity index is 1.39. The van der Waals surface area contributed by atoms with Gasteiger partial charge in [-0.1, -0.05) is 6.07 Å². The molecule has 140 valence electrons. The first kappa shape index (κ1) is 17.3. The molecule has 1 aliphatic rings. The summed E-state index contributed by atoms with van der Waals surface area (Å²) in [5.41, 5.74) is 3.59. The number of carbonyl (C=O) groups excluding carboxylic acids is 2. The molecule has 7 heteroatoms. The highest BCUT2D eigenvalue weighted by Gasteiger charge is 2.23. The van der Waals surface area contributed by atoms with Gasteiger partial charge in [-0.15, -0.1) is 0 Å². The van der Waals surface area contributed by atoms with Gasteiger partial charge in [0, 0.05) is 45.6 Å². The molecule has 0 bridgehead atoms. The zero-order valence-electron chi connectivity index (χ0n) is 15.4. The van der Waals surface area contributed by atoms with Crippen molar-refractivity contribution < 1.29 is 9.59 Å². The molecule has 0 atom stereocenters. The van der Waals surface area contributed by atoms with Crippen LogP contribution in [0.15, 0.2) is 43.0 Å². The second kappa shape index (κ2) is 7.26. The summed E-state index contributed by atoms with van der Waals surface area (Å²) in [6.45, 7) is 2.49. The lowest BCUT2D eigenvalue weighted by Crippen LogP contribution is -2.37. The summed E-state index contributed by atoms with van der Waals surface area (Å²) in [5.74, 6) is 0.118. The van der Waals surface area contributed by atoms with Crippen LogP contribution in [0.2, 0.25) is 0 Å². The molecule has 1 saturated heterocycles. The van der Waals surface area contributed by atoms with Crippen LogP contribution in [0.3, 0.4) is 0 Å². The standard InChI is InChI=1S/C20H23N5O2/c1-23-14-22-17-11-15(3-4-18(17)23)12-19(26)24-7-2-8-25(10-9-24)20(27)16-5-6-21-13-16/h3-6,11,13-14,21H,2,7-10,12H2,1H3. The summed E-state index contributed by atoms with van der Waals surface area (Å²) in [5, 5.41) is 0. The Kier molecular flexibility index (Phi) is 4.66. The highest BCUT2D eigenvalue weighted by molar-refractivity contribution is 5.94. The lowest BCUT2D eigenvalue weighted by molar-refractivity contribution is -0.130. The number of hydrogen-bond donors (Lipinski definition) is 1. The molecule has 27 heavy (non-hydrogen) atoms. The van der Waals surface area contributed by atoms with E-state index in [2.05, 4.69) is 9.97 Å². The smallest absolute Gasteiger partial charge is 0.255 e. The van der Waals surface area contributed by atoms with Gasteiger partial charge in [0.25, 0.3) is 5.91 Å². The highest BCUT2D eigenvalue weighted by Crippen LogP contribution is 2.16. The van der Waals surface area contributed by atoms with E-state index >= 15 is 0 Å². The molecule has 1 aliphatic heterocycles. The molecule has 1 aromatic carbocycles. The summed E-state index contributed by atoms with van der Waals surface area (Å²) in [4.78, 5) is 36.2. The van der Waals surface area contributed by atoms with Gasteiger partial charge in [-0.05, 0) is 30.2 Å². The molecule has 3 heterocycles. The van der Waals surface area contributed by atoms with E-state index in [0.29, 0.717) is 38.2 Å². The number of fused-ring (bicyclic) bond motifs is 1. The maximum atomic E-state index is 12.8. The minimum atomic E-state index is 0.0196. The Morgan fingerprint density at radius 1 is 1.11 bits per heavy atom. The van der Waals surface area contributed by atoms with E-state index < -0.39 is 0 Å². The Bertz CT molecular complexity index is 960. The van der Waals surface area contributed by atoms with Crippen LogP contribution >= 0.6 is 0 Å². The fraction of sp³-hybridized carbons (Fsp3) is 0.350. The number of rotatable bonds is 3. The first-order valence-corrected chi connectivity index (χ1v) is 9.21. The second-order valence-corrected chi connectivity index (χ2v) is 6.98. The number of aromatic amines is 1. The number of amides is 2. The summed E-state index contributed by atoms with van der Waals surface area (Å²) in [7, 11) is 1.96. The Morgan fingerprint density at radius 2 is 1.93 bits per heavy atom. The SMILES string of the molecule is Cn1cnc2cc(CC(=O)N3CCCN(C(=O)c4cc[nH]c4)CC3)ccc21. The Morgan fingerprint density at radius 3 is 2.74 bits per heavy atom. The maximum Gasteiger partial charge on any atom is 0.255 e. The number of imidazole rings is 1. The second-order valence-electron chi connectivity index (χ2n) is 6.98. The van der Waals surface area contributed by atoms with Gasteiger partial charge in [-0.2, -0.15) is 0 Å². The first-order valence-electron chi connectivity index (χ1n) is 9.21. The predicted octanol–water partition coefficient (Wildman–Crippen LogP) is 1.82. The van der Waals surface area contributed by atoms with Gasteiger partial charge in [0.15, 0.2) is 0 Å². The molecule has 3 aromatic rings. The van der Waals surface area contributed by atoms with Crippen molar-refractivity contribution in [3.05, 3.63) is 54.1 Å². The predicted molar refractivity (Wildman–Crippen MR) is 102 cm³/mol. The van der Waals surface area contributed by atoms with Gasteiger partial charge in [0.05, 0.1) is 29.3 Å². The molecule has 4 rings (SSSR count). The van der Waals surface area contributed by atoms with Gasteiger partial charge in [0.2, 0.25) is 5.91 Å². The lowest BCUT2D eigenvalue weighted by Gasteiger charge is -2.22. The molecule has 7 nitrogen and oxygen atoms in total. The van der Waals surface area contributed by atoms with Gasteiger partial charge >= 0.3 is 0 Å². The molecule has 2 amide bonds. The molecular weight excluding hydrogens is 342 g/mol. The number of nitrogens with zero attached hydrogens (tertiary/aromatic N) is 4. The number of hydrogen-bond acceptors (Lipinski definition) is 3. The third-order valence-electron chi connectivity index (χ3n) is 5.13. The lowest BCUT2D eigenvalue weighted by atomic mass is 10.1. The number of carbonyl (C=O) groups is 2. The van der Waals surface area contributed by atoms with Crippen molar-refractivity contribution in [3.8, 4) is 0 Å². The van der Waals surface area contributed by atoms with E-state index in [-0.39, 0.29) is 11.8 Å². The van der Waals surface area contributed by atoms with Crippen LogP contribution in [-0.4, -0.2) is 62.3 Å². The van der Waals surface area contributed by atoms with Crippen LogP contribution in [0.25, 0.3) is 11.0 Å². The number of aryl methyl sites for hydroxylation is 1. The molecular formula is C20H23N5O2. The molecule has 0 spiro atoms. The van der Waals surface area contributed by atoms with Crippen molar-refractivity contribution in [2.75, 3.05) is 26.2 Å². The summed E-state index contributed by atoms with van der Waals surface area (Å²) in [6, 6.07) is 7.75. The average molecular weight is 365 g/mol. The number of aromatic nitrogens is 3. The van der Waals surface area contributed by atoms with Gasteiger partial charge in [-0.25, -0.2) is 4.98 Å². The number of nitrogens with one attached hydrogen (secondary N) is 1. The largest absolute Gasteiger partial charge is 0.367 e.